The van der Waals surface area contributed by atoms with Crippen LogP contribution >= 0.6 is 11.3 Å². The lowest BCUT2D eigenvalue weighted by Crippen LogP contribution is -2.47. The van der Waals surface area contributed by atoms with Crippen molar-refractivity contribution in [2.45, 2.75) is 46.1 Å². The van der Waals surface area contributed by atoms with Crippen LogP contribution in [0.5, 0.6) is 5.75 Å². The number of ether oxygens (including phenoxy) is 1. The first-order chi connectivity index (χ1) is 12.9. The fourth-order valence-electron chi connectivity index (χ4n) is 2.45. The van der Waals surface area contributed by atoms with Crippen LogP contribution < -0.4 is 15.4 Å². The van der Waals surface area contributed by atoms with Crippen molar-refractivity contribution in [1.82, 2.24) is 15.5 Å². The van der Waals surface area contributed by atoms with Gasteiger partial charge in [-0.3, -0.25) is 14.9 Å². The van der Waals surface area contributed by atoms with Crippen LogP contribution in [0.3, 0.4) is 0 Å². The third kappa shape index (κ3) is 6.02. The molecule has 0 fully saturated rings. The second-order valence-electron chi connectivity index (χ2n) is 6.53. The predicted octanol–water partition coefficient (Wildman–Crippen LogP) is 3.48. The predicted molar refractivity (Wildman–Crippen MR) is 107 cm³/mol. The number of hydrogen-bond acceptors (Lipinski definition) is 6. The quantitative estimate of drug-likeness (QED) is 0.684. The van der Waals surface area contributed by atoms with E-state index in [9.17, 15) is 9.59 Å². The number of hydrogen-bond donors (Lipinski definition) is 2. The smallest absolute Gasteiger partial charge is 0.249 e. The van der Waals surface area contributed by atoms with Crippen LogP contribution in [0.4, 0.5) is 5.13 Å². The van der Waals surface area contributed by atoms with Gasteiger partial charge in [0.25, 0.3) is 0 Å². The van der Waals surface area contributed by atoms with Gasteiger partial charge in [0.1, 0.15) is 16.8 Å². The Morgan fingerprint density at radius 3 is 2.70 bits per heavy atom. The highest BCUT2D eigenvalue weighted by molar-refractivity contribution is 7.18. The van der Waals surface area contributed by atoms with Crippen molar-refractivity contribution in [3.8, 4) is 16.3 Å². The van der Waals surface area contributed by atoms with E-state index in [0.717, 1.165) is 24.2 Å². The number of methoxy groups -OCH3 is 1. The number of aromatic nitrogens is 2. The number of carbonyl (C=O) groups is 2. The molecule has 0 radical (unpaired) electrons. The molecule has 1 aromatic carbocycles. The minimum absolute atomic E-state index is 0.0404. The molecule has 0 aliphatic heterocycles. The van der Waals surface area contributed by atoms with E-state index < -0.39 is 6.04 Å². The number of benzene rings is 1. The first-order valence-electron chi connectivity index (χ1n) is 9.02. The summed E-state index contributed by atoms with van der Waals surface area (Å²) in [6.45, 7) is 5.81. The number of amides is 2. The van der Waals surface area contributed by atoms with Crippen LogP contribution in [0.2, 0.25) is 0 Å². The molecule has 1 atom stereocenters. The summed E-state index contributed by atoms with van der Waals surface area (Å²) in [5.41, 5.74) is 0.862. The summed E-state index contributed by atoms with van der Waals surface area (Å²) in [4.78, 5) is 24.6. The fraction of sp³-hybridized carbons (Fsp3) is 0.474. The first-order valence-corrected chi connectivity index (χ1v) is 9.84. The molecule has 2 rings (SSSR count). The van der Waals surface area contributed by atoms with Crippen LogP contribution in [-0.2, 0) is 9.59 Å². The Bertz CT molecular complexity index is 776. The normalized spacial score (nSPS) is 11.9. The largest absolute Gasteiger partial charge is 0.497 e. The average molecular weight is 391 g/mol. The summed E-state index contributed by atoms with van der Waals surface area (Å²) >= 11 is 1.27. The van der Waals surface area contributed by atoms with Gasteiger partial charge in [0.2, 0.25) is 16.9 Å². The minimum Gasteiger partial charge on any atom is -0.497 e. The molecule has 2 aromatic rings. The SMILES string of the molecule is CCCCC(=O)NC(C(=O)Nc1nnc(-c2cccc(OC)c2)s1)C(C)C. The fourth-order valence-corrected chi connectivity index (χ4v) is 3.19. The summed E-state index contributed by atoms with van der Waals surface area (Å²) in [5, 5.41) is 14.8. The Morgan fingerprint density at radius 1 is 1.26 bits per heavy atom. The second kappa shape index (κ2) is 10.0. The summed E-state index contributed by atoms with van der Waals surface area (Å²) in [6, 6.07) is 6.87. The maximum Gasteiger partial charge on any atom is 0.249 e. The maximum absolute atomic E-state index is 12.6. The molecule has 0 aliphatic carbocycles. The van der Waals surface area contributed by atoms with Crippen LogP contribution in [0.15, 0.2) is 24.3 Å². The van der Waals surface area contributed by atoms with E-state index in [1.807, 2.05) is 45.0 Å². The average Bonchev–Trinajstić information content (AvgIpc) is 3.12. The monoisotopic (exact) mass is 390 g/mol. The second-order valence-corrected chi connectivity index (χ2v) is 7.50. The standard InChI is InChI=1S/C19H26N4O3S/c1-5-6-10-15(24)20-16(12(2)3)17(25)21-19-23-22-18(27-19)13-8-7-9-14(11-13)26-4/h7-9,11-12,16H,5-6,10H2,1-4H3,(H,20,24)(H,21,23,25). The third-order valence-electron chi connectivity index (χ3n) is 3.99. The minimum atomic E-state index is -0.612. The van der Waals surface area contributed by atoms with Crippen molar-refractivity contribution >= 4 is 28.3 Å². The van der Waals surface area contributed by atoms with E-state index in [1.165, 1.54) is 11.3 Å². The van der Waals surface area contributed by atoms with E-state index in [0.29, 0.717) is 16.6 Å². The van der Waals surface area contributed by atoms with Gasteiger partial charge in [-0.15, -0.1) is 10.2 Å². The summed E-state index contributed by atoms with van der Waals surface area (Å²) < 4.78 is 5.22. The highest BCUT2D eigenvalue weighted by atomic mass is 32.1. The maximum atomic E-state index is 12.6. The Labute approximate surface area is 163 Å². The van der Waals surface area contributed by atoms with Crippen LogP contribution in [-0.4, -0.2) is 35.2 Å². The molecule has 1 unspecified atom stereocenters. The zero-order valence-electron chi connectivity index (χ0n) is 16.1. The van der Waals surface area contributed by atoms with Gasteiger partial charge in [-0.2, -0.15) is 0 Å². The number of carbonyl (C=O) groups excluding carboxylic acids is 2. The molecule has 1 aromatic heterocycles. The molecule has 2 amide bonds. The Hall–Kier alpha value is -2.48. The van der Waals surface area contributed by atoms with E-state index in [-0.39, 0.29) is 17.7 Å². The number of nitrogens with zero attached hydrogens (tertiary/aromatic N) is 2. The van der Waals surface area contributed by atoms with E-state index in [4.69, 9.17) is 4.74 Å². The van der Waals surface area contributed by atoms with Gasteiger partial charge >= 0.3 is 0 Å². The molecule has 7 nitrogen and oxygen atoms in total. The van der Waals surface area contributed by atoms with E-state index >= 15 is 0 Å². The topological polar surface area (TPSA) is 93.2 Å². The lowest BCUT2D eigenvalue weighted by molar-refractivity contribution is -0.127. The van der Waals surface area contributed by atoms with Crippen molar-refractivity contribution < 1.29 is 14.3 Å². The molecule has 146 valence electrons. The number of nitrogens with one attached hydrogen (secondary N) is 2. The lowest BCUT2D eigenvalue weighted by atomic mass is 10.0. The highest BCUT2D eigenvalue weighted by Crippen LogP contribution is 2.28. The van der Waals surface area contributed by atoms with Gasteiger partial charge in [-0.05, 0) is 24.5 Å². The molecule has 1 heterocycles. The van der Waals surface area contributed by atoms with Gasteiger partial charge < -0.3 is 10.1 Å². The van der Waals surface area contributed by atoms with Crippen molar-refractivity contribution in [3.63, 3.8) is 0 Å². The van der Waals surface area contributed by atoms with Crippen molar-refractivity contribution in [1.29, 1.82) is 0 Å². The molecule has 8 heteroatoms. The van der Waals surface area contributed by atoms with Crippen molar-refractivity contribution in [2.24, 2.45) is 5.92 Å². The molecule has 0 bridgehead atoms. The number of anilines is 1. The summed E-state index contributed by atoms with van der Waals surface area (Å²) in [5.74, 6) is 0.285. The third-order valence-corrected chi connectivity index (χ3v) is 4.88. The Balaban J connectivity index is 2.05. The van der Waals surface area contributed by atoms with Crippen LogP contribution in [0.1, 0.15) is 40.0 Å². The van der Waals surface area contributed by atoms with Gasteiger partial charge in [0, 0.05) is 12.0 Å². The zero-order valence-corrected chi connectivity index (χ0v) is 16.9. The van der Waals surface area contributed by atoms with E-state index in [2.05, 4.69) is 20.8 Å². The van der Waals surface area contributed by atoms with Gasteiger partial charge in [-0.1, -0.05) is 50.7 Å². The summed E-state index contributed by atoms with van der Waals surface area (Å²) in [7, 11) is 1.60. The zero-order chi connectivity index (χ0) is 19.8. The number of unbranched alkanes of at least 4 members (excludes halogenated alkanes) is 1. The molecule has 0 saturated heterocycles. The molecular formula is C19H26N4O3S. The van der Waals surface area contributed by atoms with Crippen LogP contribution in [0, 0.1) is 5.92 Å². The van der Waals surface area contributed by atoms with Gasteiger partial charge in [0.05, 0.1) is 7.11 Å². The Morgan fingerprint density at radius 2 is 2.04 bits per heavy atom. The van der Waals surface area contributed by atoms with Crippen molar-refractivity contribution in [3.05, 3.63) is 24.3 Å². The van der Waals surface area contributed by atoms with Crippen molar-refractivity contribution in [2.75, 3.05) is 12.4 Å². The first kappa shape index (κ1) is 20.8. The van der Waals surface area contributed by atoms with Crippen LogP contribution in [0.25, 0.3) is 10.6 Å². The van der Waals surface area contributed by atoms with Gasteiger partial charge in [-0.25, -0.2) is 0 Å². The molecule has 2 N–H and O–H groups in total. The molecule has 27 heavy (non-hydrogen) atoms. The van der Waals surface area contributed by atoms with Gasteiger partial charge in [0.15, 0.2) is 0 Å². The molecular weight excluding hydrogens is 364 g/mol. The summed E-state index contributed by atoms with van der Waals surface area (Å²) in [6.07, 6.45) is 2.16. The number of rotatable bonds is 9. The molecule has 0 saturated carbocycles. The Kier molecular flexibility index (Phi) is 7.72. The molecule has 0 aliphatic rings. The highest BCUT2D eigenvalue weighted by Gasteiger charge is 2.25. The molecule has 0 spiro atoms. The lowest BCUT2D eigenvalue weighted by Gasteiger charge is -2.20. The van der Waals surface area contributed by atoms with E-state index in [1.54, 1.807) is 7.11 Å².